The molecule has 1 nitrogen and oxygen atoms in total. The molecule has 2 rings (SSSR count). The van der Waals surface area contributed by atoms with Crippen LogP contribution in [-0.2, 0) is 6.42 Å². The average Bonchev–Trinajstić information content (AvgIpc) is 2.17. The fourth-order valence-electron chi connectivity index (χ4n) is 1.29. The zero-order chi connectivity index (χ0) is 8.39. The van der Waals surface area contributed by atoms with Crippen LogP contribution in [0.25, 0.3) is 10.9 Å². The third kappa shape index (κ3) is 1.18. The van der Waals surface area contributed by atoms with Crippen LogP contribution in [0.1, 0.15) is 12.5 Å². The number of aromatic nitrogens is 1. The van der Waals surface area contributed by atoms with Crippen LogP contribution in [0.4, 0.5) is 0 Å². The first kappa shape index (κ1) is 7.29. The lowest BCUT2D eigenvalue weighted by atomic mass is 10.1. The van der Waals surface area contributed by atoms with Gasteiger partial charge in [0.05, 0.1) is 5.52 Å². The van der Waals surface area contributed by atoms with Gasteiger partial charge in [-0.1, -0.05) is 13.0 Å². The molecular formula is C11H10N. The highest BCUT2D eigenvalue weighted by Gasteiger charge is 1.93. The molecule has 0 saturated heterocycles. The summed E-state index contributed by atoms with van der Waals surface area (Å²) in [5.74, 6) is 0. The third-order valence-electron chi connectivity index (χ3n) is 2.02. The Morgan fingerprint density at radius 2 is 2.33 bits per heavy atom. The molecule has 0 N–H and O–H groups in total. The van der Waals surface area contributed by atoms with Crippen molar-refractivity contribution >= 4 is 10.9 Å². The van der Waals surface area contributed by atoms with Gasteiger partial charge in [0.2, 0.25) is 0 Å². The molecule has 0 bridgehead atoms. The molecule has 0 aliphatic heterocycles. The van der Waals surface area contributed by atoms with Crippen LogP contribution in [0.15, 0.2) is 30.5 Å². The maximum atomic E-state index is 4.20. The summed E-state index contributed by atoms with van der Waals surface area (Å²) in [6, 6.07) is 11.3. The summed E-state index contributed by atoms with van der Waals surface area (Å²) in [5.41, 5.74) is 2.40. The zero-order valence-electron chi connectivity index (χ0n) is 7.04. The first-order valence-electron chi connectivity index (χ1n) is 4.15. The number of benzene rings is 1. The van der Waals surface area contributed by atoms with Gasteiger partial charge >= 0.3 is 0 Å². The SMILES string of the molecule is CCc1ccc2nc[c]cc2c1. The minimum atomic E-state index is 1.05. The zero-order valence-corrected chi connectivity index (χ0v) is 7.04. The van der Waals surface area contributed by atoms with Gasteiger partial charge in [-0.25, -0.2) is 0 Å². The molecule has 0 amide bonds. The lowest BCUT2D eigenvalue weighted by Gasteiger charge is -1.98. The Kier molecular flexibility index (Phi) is 1.78. The molecule has 1 heterocycles. The Labute approximate surface area is 72.1 Å². The number of rotatable bonds is 1. The van der Waals surface area contributed by atoms with Crippen molar-refractivity contribution < 1.29 is 0 Å². The molecule has 0 spiro atoms. The number of hydrogen-bond donors (Lipinski definition) is 0. The molecule has 59 valence electrons. The molecule has 0 atom stereocenters. The largest absolute Gasteiger partial charge is 0.256 e. The van der Waals surface area contributed by atoms with Crippen LogP contribution in [-0.4, -0.2) is 4.98 Å². The second kappa shape index (κ2) is 2.94. The van der Waals surface area contributed by atoms with Gasteiger partial charge in [0.25, 0.3) is 0 Å². The molecule has 12 heavy (non-hydrogen) atoms. The van der Waals surface area contributed by atoms with E-state index in [0.29, 0.717) is 0 Å². The number of fused-ring (bicyclic) bond motifs is 1. The molecular weight excluding hydrogens is 146 g/mol. The van der Waals surface area contributed by atoms with Gasteiger partial charge in [-0.3, -0.25) is 4.98 Å². The smallest absolute Gasteiger partial charge is 0.0702 e. The summed E-state index contributed by atoms with van der Waals surface area (Å²) >= 11 is 0. The van der Waals surface area contributed by atoms with E-state index in [1.807, 2.05) is 6.07 Å². The van der Waals surface area contributed by atoms with Gasteiger partial charge in [-0.05, 0) is 30.2 Å². The van der Waals surface area contributed by atoms with Crippen molar-refractivity contribution in [1.29, 1.82) is 0 Å². The van der Waals surface area contributed by atoms with Crippen molar-refractivity contribution in [3.8, 4) is 0 Å². The fourth-order valence-corrected chi connectivity index (χ4v) is 1.29. The van der Waals surface area contributed by atoms with Crippen LogP contribution < -0.4 is 0 Å². The summed E-state index contributed by atoms with van der Waals surface area (Å²) in [6.45, 7) is 2.15. The van der Waals surface area contributed by atoms with Crippen molar-refractivity contribution in [2.45, 2.75) is 13.3 Å². The minimum absolute atomic E-state index is 1.05. The molecule has 0 aliphatic carbocycles. The van der Waals surface area contributed by atoms with E-state index in [1.165, 1.54) is 10.9 Å². The topological polar surface area (TPSA) is 12.9 Å². The van der Waals surface area contributed by atoms with E-state index < -0.39 is 0 Å². The Hall–Kier alpha value is -1.37. The van der Waals surface area contributed by atoms with E-state index in [0.717, 1.165) is 11.9 Å². The van der Waals surface area contributed by atoms with E-state index in [1.54, 1.807) is 6.20 Å². The number of nitrogens with zero attached hydrogens (tertiary/aromatic N) is 1. The van der Waals surface area contributed by atoms with Crippen LogP contribution in [0.2, 0.25) is 0 Å². The van der Waals surface area contributed by atoms with Crippen molar-refractivity contribution in [1.82, 2.24) is 4.98 Å². The van der Waals surface area contributed by atoms with Gasteiger partial charge in [0, 0.05) is 17.6 Å². The highest BCUT2D eigenvalue weighted by molar-refractivity contribution is 5.78. The molecule has 0 saturated carbocycles. The normalized spacial score (nSPS) is 10.4. The molecule has 2 aromatic rings. The summed E-state index contributed by atoms with van der Waals surface area (Å²) in [6.07, 6.45) is 2.78. The second-order valence-electron chi connectivity index (χ2n) is 2.82. The first-order chi connectivity index (χ1) is 5.90. The number of hydrogen-bond acceptors (Lipinski definition) is 1. The Morgan fingerprint density at radius 3 is 3.17 bits per heavy atom. The van der Waals surface area contributed by atoms with E-state index in [9.17, 15) is 0 Å². The second-order valence-corrected chi connectivity index (χ2v) is 2.82. The predicted molar refractivity (Wildman–Crippen MR) is 50.0 cm³/mol. The van der Waals surface area contributed by atoms with Gasteiger partial charge < -0.3 is 0 Å². The van der Waals surface area contributed by atoms with Crippen molar-refractivity contribution in [3.63, 3.8) is 0 Å². The Morgan fingerprint density at radius 1 is 1.42 bits per heavy atom. The van der Waals surface area contributed by atoms with Crippen molar-refractivity contribution in [2.75, 3.05) is 0 Å². The first-order valence-corrected chi connectivity index (χ1v) is 4.15. The number of pyridine rings is 1. The molecule has 1 aromatic heterocycles. The van der Waals surface area contributed by atoms with Crippen LogP contribution in [0.5, 0.6) is 0 Å². The molecule has 1 aromatic carbocycles. The Balaban J connectivity index is 2.67. The highest BCUT2D eigenvalue weighted by atomic mass is 14.6. The fraction of sp³-hybridized carbons (Fsp3) is 0.182. The van der Waals surface area contributed by atoms with Crippen molar-refractivity contribution in [2.24, 2.45) is 0 Å². The molecule has 0 unspecified atom stereocenters. The lowest BCUT2D eigenvalue weighted by Crippen LogP contribution is -1.81. The van der Waals surface area contributed by atoms with E-state index >= 15 is 0 Å². The van der Waals surface area contributed by atoms with Gasteiger partial charge in [-0.15, -0.1) is 0 Å². The monoisotopic (exact) mass is 156 g/mol. The van der Waals surface area contributed by atoms with Gasteiger partial charge in [0.1, 0.15) is 0 Å². The van der Waals surface area contributed by atoms with Crippen LogP contribution >= 0.6 is 0 Å². The highest BCUT2D eigenvalue weighted by Crippen LogP contribution is 2.12. The summed E-state index contributed by atoms with van der Waals surface area (Å²) in [7, 11) is 0. The number of aryl methyl sites for hydroxylation is 1. The summed E-state index contributed by atoms with van der Waals surface area (Å²) in [4.78, 5) is 4.20. The standard InChI is InChI=1S/C11H10N/c1-2-9-5-6-11-10(8-9)4-3-7-12-11/h4-8H,2H2,1H3. The van der Waals surface area contributed by atoms with E-state index in [4.69, 9.17) is 0 Å². The minimum Gasteiger partial charge on any atom is -0.256 e. The molecule has 1 heteroatoms. The van der Waals surface area contributed by atoms with E-state index in [2.05, 4.69) is 36.2 Å². The van der Waals surface area contributed by atoms with Gasteiger partial charge in [0.15, 0.2) is 0 Å². The van der Waals surface area contributed by atoms with Crippen molar-refractivity contribution in [3.05, 3.63) is 42.1 Å². The quantitative estimate of drug-likeness (QED) is 0.618. The van der Waals surface area contributed by atoms with Crippen LogP contribution in [0.3, 0.4) is 0 Å². The summed E-state index contributed by atoms with van der Waals surface area (Å²) < 4.78 is 0. The Bertz CT molecular complexity index is 393. The average molecular weight is 156 g/mol. The van der Waals surface area contributed by atoms with Crippen LogP contribution in [0, 0.1) is 6.07 Å². The summed E-state index contributed by atoms with van der Waals surface area (Å²) in [5, 5.41) is 1.18. The predicted octanol–water partition coefficient (Wildman–Crippen LogP) is 2.60. The van der Waals surface area contributed by atoms with E-state index in [-0.39, 0.29) is 0 Å². The molecule has 1 radical (unpaired) electrons. The van der Waals surface area contributed by atoms with Gasteiger partial charge in [-0.2, -0.15) is 0 Å². The maximum absolute atomic E-state index is 4.20. The molecule has 0 fully saturated rings. The lowest BCUT2D eigenvalue weighted by molar-refractivity contribution is 1.14. The molecule has 0 aliphatic rings. The third-order valence-corrected chi connectivity index (χ3v) is 2.02. The maximum Gasteiger partial charge on any atom is 0.0702 e.